The maximum absolute atomic E-state index is 11.8. The number of nitrogens with one attached hydrogen (secondary N) is 1. The molecule has 3 N–H and O–H groups in total. The lowest BCUT2D eigenvalue weighted by Crippen LogP contribution is -2.57. The predicted octanol–water partition coefficient (Wildman–Crippen LogP) is 2.52. The van der Waals surface area contributed by atoms with Crippen LogP contribution in [0.3, 0.4) is 0 Å². The molecule has 1 aromatic heterocycles. The molecule has 128 valence electrons. The van der Waals surface area contributed by atoms with Crippen LogP contribution in [0.1, 0.15) is 17.7 Å². The summed E-state index contributed by atoms with van der Waals surface area (Å²) < 4.78 is 0. The predicted molar refractivity (Wildman–Crippen MR) is 99.2 cm³/mol. The molecule has 0 spiro atoms. The zero-order chi connectivity index (χ0) is 17.8. The summed E-state index contributed by atoms with van der Waals surface area (Å²) in [4.78, 5) is 20.7. The molecule has 1 aliphatic heterocycles. The lowest BCUT2D eigenvalue weighted by molar-refractivity contribution is -0.119. The summed E-state index contributed by atoms with van der Waals surface area (Å²) >= 11 is 6.92. The van der Waals surface area contributed by atoms with E-state index in [0.29, 0.717) is 12.2 Å². The first-order valence-electron chi connectivity index (χ1n) is 7.96. The van der Waals surface area contributed by atoms with Gasteiger partial charge in [-0.1, -0.05) is 54.1 Å². The van der Waals surface area contributed by atoms with Crippen LogP contribution in [0.4, 0.5) is 0 Å². The van der Waals surface area contributed by atoms with Gasteiger partial charge in [0.15, 0.2) is 0 Å². The molecule has 0 bridgehead atoms. The van der Waals surface area contributed by atoms with E-state index in [1.54, 1.807) is 18.5 Å². The molecule has 0 fully saturated rings. The van der Waals surface area contributed by atoms with Crippen molar-refractivity contribution in [3.05, 3.63) is 78.1 Å². The number of amides is 1. The quantitative estimate of drug-likeness (QED) is 0.618. The molecule has 2 unspecified atom stereocenters. The Morgan fingerprint density at radius 1 is 1.16 bits per heavy atom. The van der Waals surface area contributed by atoms with Crippen LogP contribution in [0.25, 0.3) is 0 Å². The number of allylic oxidation sites excluding steroid dienone is 1. The molecule has 1 aromatic carbocycles. The molecule has 2 atom stereocenters. The highest BCUT2D eigenvalue weighted by Gasteiger charge is 2.52. The van der Waals surface area contributed by atoms with Crippen LogP contribution >= 0.6 is 11.6 Å². The summed E-state index contributed by atoms with van der Waals surface area (Å²) in [5.41, 5.74) is 6.25. The van der Waals surface area contributed by atoms with Crippen LogP contribution in [-0.2, 0) is 16.8 Å². The SMILES string of the molecule is NC(=O)CC1(c2ccccn2)C=CC=NC1(Cl)NCc1ccccc1. The molecule has 1 amide bonds. The van der Waals surface area contributed by atoms with Gasteiger partial charge < -0.3 is 5.73 Å². The number of nitrogens with zero attached hydrogens (tertiary/aromatic N) is 2. The minimum absolute atomic E-state index is 0.0108. The summed E-state index contributed by atoms with van der Waals surface area (Å²) in [5.74, 6) is -0.473. The van der Waals surface area contributed by atoms with E-state index in [2.05, 4.69) is 15.3 Å². The van der Waals surface area contributed by atoms with Gasteiger partial charge in [-0.25, -0.2) is 0 Å². The van der Waals surface area contributed by atoms with Crippen LogP contribution in [0.15, 0.2) is 71.9 Å². The van der Waals surface area contributed by atoms with E-state index in [0.717, 1.165) is 5.56 Å². The summed E-state index contributed by atoms with van der Waals surface area (Å²) in [6, 6.07) is 15.3. The van der Waals surface area contributed by atoms with Crippen molar-refractivity contribution in [1.29, 1.82) is 0 Å². The van der Waals surface area contributed by atoms with Crippen LogP contribution < -0.4 is 11.1 Å². The van der Waals surface area contributed by atoms with Crippen molar-refractivity contribution in [2.45, 2.75) is 23.5 Å². The number of carbonyl (C=O) groups excluding carboxylic acids is 1. The first-order valence-corrected chi connectivity index (χ1v) is 8.34. The minimum atomic E-state index is -1.28. The third kappa shape index (κ3) is 3.48. The average molecular weight is 355 g/mol. The van der Waals surface area contributed by atoms with E-state index in [9.17, 15) is 4.79 Å². The second-order valence-corrected chi connectivity index (χ2v) is 6.47. The third-order valence-electron chi connectivity index (χ3n) is 4.26. The van der Waals surface area contributed by atoms with Crippen LogP contribution in [-0.4, -0.2) is 22.2 Å². The Hall–Kier alpha value is -2.50. The largest absolute Gasteiger partial charge is 0.370 e. The Morgan fingerprint density at radius 2 is 1.92 bits per heavy atom. The molecule has 2 aromatic rings. The van der Waals surface area contributed by atoms with Crippen LogP contribution in [0, 0.1) is 0 Å². The molecule has 6 heteroatoms. The fraction of sp³-hybridized carbons (Fsp3) is 0.211. The van der Waals surface area contributed by atoms with Crippen LogP contribution in [0.5, 0.6) is 0 Å². The number of aromatic nitrogens is 1. The lowest BCUT2D eigenvalue weighted by Gasteiger charge is -2.43. The van der Waals surface area contributed by atoms with Gasteiger partial charge in [-0.3, -0.25) is 20.1 Å². The van der Waals surface area contributed by atoms with Crippen molar-refractivity contribution in [2.24, 2.45) is 10.7 Å². The summed E-state index contributed by atoms with van der Waals surface area (Å²) in [6.07, 6.45) is 6.88. The van der Waals surface area contributed by atoms with Crippen molar-refractivity contribution in [3.8, 4) is 0 Å². The normalized spacial score (nSPS) is 25.0. The number of dihydropyridines is 1. The van der Waals surface area contributed by atoms with Gasteiger partial charge >= 0.3 is 0 Å². The highest BCUT2D eigenvalue weighted by Crippen LogP contribution is 2.44. The van der Waals surface area contributed by atoms with Crippen molar-refractivity contribution < 1.29 is 4.79 Å². The number of aliphatic imine (C=N–C) groups is 1. The molecule has 0 saturated carbocycles. The lowest BCUT2D eigenvalue weighted by atomic mass is 9.75. The van der Waals surface area contributed by atoms with E-state index in [1.165, 1.54) is 0 Å². The molecule has 0 aliphatic carbocycles. The number of hydrogen-bond acceptors (Lipinski definition) is 4. The second-order valence-electron chi connectivity index (χ2n) is 5.93. The van der Waals surface area contributed by atoms with Crippen molar-refractivity contribution in [3.63, 3.8) is 0 Å². The van der Waals surface area contributed by atoms with Gasteiger partial charge in [0, 0.05) is 25.4 Å². The first-order chi connectivity index (χ1) is 12.1. The fourth-order valence-corrected chi connectivity index (χ4v) is 3.37. The highest BCUT2D eigenvalue weighted by molar-refractivity contribution is 6.25. The van der Waals surface area contributed by atoms with Crippen molar-refractivity contribution in [2.75, 3.05) is 0 Å². The number of alkyl halides is 1. The van der Waals surface area contributed by atoms with Gasteiger partial charge in [-0.15, -0.1) is 0 Å². The van der Waals surface area contributed by atoms with Gasteiger partial charge in [0.2, 0.25) is 11.0 Å². The molecule has 25 heavy (non-hydrogen) atoms. The van der Waals surface area contributed by atoms with Gasteiger partial charge in [-0.2, -0.15) is 0 Å². The van der Waals surface area contributed by atoms with Gasteiger partial charge in [0.1, 0.15) is 0 Å². The van der Waals surface area contributed by atoms with E-state index in [4.69, 9.17) is 17.3 Å². The van der Waals surface area contributed by atoms with E-state index >= 15 is 0 Å². The Bertz CT molecular complexity index is 794. The number of primary amides is 1. The number of nitrogens with two attached hydrogens (primary N) is 1. The molecule has 0 radical (unpaired) electrons. The smallest absolute Gasteiger partial charge is 0.218 e. The fourth-order valence-electron chi connectivity index (χ4n) is 3.02. The monoisotopic (exact) mass is 354 g/mol. The third-order valence-corrected chi connectivity index (χ3v) is 4.82. The Kier molecular flexibility index (Phi) is 4.97. The maximum atomic E-state index is 11.8. The average Bonchev–Trinajstić information content (AvgIpc) is 2.63. The first kappa shape index (κ1) is 17.3. The number of pyridine rings is 1. The Morgan fingerprint density at radius 3 is 2.60 bits per heavy atom. The Labute approximate surface area is 151 Å². The van der Waals surface area contributed by atoms with Crippen LogP contribution in [0.2, 0.25) is 0 Å². The number of halogens is 1. The van der Waals surface area contributed by atoms with E-state index in [-0.39, 0.29) is 6.42 Å². The molecule has 3 rings (SSSR count). The Balaban J connectivity index is 2.00. The zero-order valence-electron chi connectivity index (χ0n) is 13.6. The number of hydrogen-bond donors (Lipinski definition) is 2. The van der Waals surface area contributed by atoms with E-state index < -0.39 is 16.4 Å². The number of carbonyl (C=O) groups is 1. The standard InChI is InChI=1S/C19H19ClN4O/c20-19(24-14-15-7-2-1-3-8-15)18(13-17(21)25,10-6-12-23-19)16-9-4-5-11-22-16/h1-12,24H,13-14H2,(H2,21,25). The van der Waals surface area contributed by atoms with Crippen molar-refractivity contribution >= 4 is 23.7 Å². The minimum Gasteiger partial charge on any atom is -0.370 e. The summed E-state index contributed by atoms with van der Waals surface area (Å²) in [5, 5.41) is 2.00. The highest BCUT2D eigenvalue weighted by atomic mass is 35.5. The molecule has 2 heterocycles. The zero-order valence-corrected chi connectivity index (χ0v) is 14.4. The molecule has 0 saturated heterocycles. The van der Waals surface area contributed by atoms with E-state index in [1.807, 2.05) is 54.6 Å². The summed E-state index contributed by atoms with van der Waals surface area (Å²) in [6.45, 7) is 0.489. The van der Waals surface area contributed by atoms with Gasteiger partial charge in [0.25, 0.3) is 0 Å². The number of benzene rings is 1. The number of rotatable bonds is 6. The van der Waals surface area contributed by atoms with Gasteiger partial charge in [-0.05, 0) is 23.8 Å². The molecule has 1 aliphatic rings. The summed E-state index contributed by atoms with van der Waals surface area (Å²) in [7, 11) is 0. The molecule has 5 nitrogen and oxygen atoms in total. The topological polar surface area (TPSA) is 80.4 Å². The van der Waals surface area contributed by atoms with Gasteiger partial charge in [0.05, 0.1) is 11.1 Å². The maximum Gasteiger partial charge on any atom is 0.218 e. The second kappa shape index (κ2) is 7.17. The molecular weight excluding hydrogens is 336 g/mol. The van der Waals surface area contributed by atoms with Crippen molar-refractivity contribution in [1.82, 2.24) is 10.3 Å². The molecular formula is C19H19ClN4O.